The Morgan fingerprint density at radius 3 is 2.53 bits per heavy atom. The molecular formula is C14H24N2O2S. The fourth-order valence-electron chi connectivity index (χ4n) is 1.91. The number of nitrogens with zero attached hydrogens (tertiary/aromatic N) is 1. The van der Waals surface area contributed by atoms with Gasteiger partial charge in [-0.1, -0.05) is 25.1 Å². The van der Waals surface area contributed by atoms with E-state index in [1.165, 1.54) is 11.8 Å². The Hall–Kier alpha value is -1.07. The summed E-state index contributed by atoms with van der Waals surface area (Å²) in [6, 6.07) is 8.17. The predicted octanol–water partition coefficient (Wildman–Crippen LogP) is 1.45. The van der Waals surface area contributed by atoms with Crippen LogP contribution in [0.3, 0.4) is 0 Å². The first kappa shape index (κ1) is 16.0. The maximum Gasteiger partial charge on any atom is 0.149 e. The second-order valence-corrected chi connectivity index (χ2v) is 7.31. The normalized spacial score (nSPS) is 13.3. The quantitative estimate of drug-likeness (QED) is 0.823. The highest BCUT2D eigenvalue weighted by molar-refractivity contribution is 7.90. The van der Waals surface area contributed by atoms with Gasteiger partial charge in [-0.15, -0.1) is 0 Å². The van der Waals surface area contributed by atoms with Crippen molar-refractivity contribution in [2.75, 3.05) is 30.5 Å². The zero-order valence-corrected chi connectivity index (χ0v) is 12.8. The number of rotatable bonds is 7. The fraction of sp³-hybridized carbons (Fsp3) is 0.571. The molecule has 0 amide bonds. The molecule has 0 heterocycles. The highest BCUT2D eigenvalue weighted by Crippen LogP contribution is 2.20. The molecule has 0 saturated carbocycles. The summed E-state index contributed by atoms with van der Waals surface area (Å²) in [5, 5.41) is 0. The van der Waals surface area contributed by atoms with Gasteiger partial charge in [-0.05, 0) is 24.5 Å². The topological polar surface area (TPSA) is 63.4 Å². The molecule has 0 aliphatic carbocycles. The average molecular weight is 284 g/mol. The van der Waals surface area contributed by atoms with E-state index in [9.17, 15) is 8.42 Å². The Bertz CT molecular complexity index is 500. The summed E-state index contributed by atoms with van der Waals surface area (Å²) < 4.78 is 22.5. The Morgan fingerprint density at radius 1 is 1.32 bits per heavy atom. The van der Waals surface area contributed by atoms with Crippen LogP contribution in [0.5, 0.6) is 0 Å². The van der Waals surface area contributed by atoms with Gasteiger partial charge in [-0.2, -0.15) is 0 Å². The minimum Gasteiger partial charge on any atom is -0.373 e. The number of para-hydroxylation sites is 1. The zero-order valence-electron chi connectivity index (χ0n) is 12.0. The summed E-state index contributed by atoms with van der Waals surface area (Å²) in [5.74, 6) is 0.164. The molecule has 108 valence electrons. The highest BCUT2D eigenvalue weighted by Gasteiger charge is 2.11. The number of hydrogen-bond donors (Lipinski definition) is 1. The molecule has 4 nitrogen and oxygen atoms in total. The minimum absolute atomic E-state index is 0.143. The van der Waals surface area contributed by atoms with E-state index in [1.54, 1.807) is 0 Å². The summed E-state index contributed by atoms with van der Waals surface area (Å²) in [6.45, 7) is 2.57. The molecule has 1 aromatic rings. The van der Waals surface area contributed by atoms with E-state index in [4.69, 9.17) is 5.73 Å². The maximum atomic E-state index is 11.2. The van der Waals surface area contributed by atoms with E-state index in [2.05, 4.69) is 13.0 Å². The molecule has 2 N–H and O–H groups in total. The SMILES string of the molecule is CCC(N)Cc1ccccc1N(C)CCS(C)(=O)=O. The first-order valence-corrected chi connectivity index (χ1v) is 8.62. The van der Waals surface area contributed by atoms with E-state index in [0.29, 0.717) is 6.54 Å². The third kappa shape index (κ3) is 5.61. The van der Waals surface area contributed by atoms with Gasteiger partial charge >= 0.3 is 0 Å². The highest BCUT2D eigenvalue weighted by atomic mass is 32.2. The van der Waals surface area contributed by atoms with Crippen LogP contribution in [0, 0.1) is 0 Å². The van der Waals surface area contributed by atoms with Gasteiger partial charge in [0, 0.05) is 31.6 Å². The molecule has 1 unspecified atom stereocenters. The van der Waals surface area contributed by atoms with Gasteiger partial charge in [0.1, 0.15) is 9.84 Å². The summed E-state index contributed by atoms with van der Waals surface area (Å²) in [6.07, 6.45) is 3.01. The lowest BCUT2D eigenvalue weighted by atomic mass is 10.0. The smallest absolute Gasteiger partial charge is 0.149 e. The van der Waals surface area contributed by atoms with E-state index in [1.807, 2.05) is 30.1 Å². The van der Waals surface area contributed by atoms with Crippen molar-refractivity contribution in [1.29, 1.82) is 0 Å². The largest absolute Gasteiger partial charge is 0.373 e. The monoisotopic (exact) mass is 284 g/mol. The average Bonchev–Trinajstić information content (AvgIpc) is 2.35. The molecule has 0 saturated heterocycles. The lowest BCUT2D eigenvalue weighted by Crippen LogP contribution is -2.27. The first-order valence-electron chi connectivity index (χ1n) is 6.56. The first-order chi connectivity index (χ1) is 8.83. The van der Waals surface area contributed by atoms with Crippen LogP contribution in [-0.2, 0) is 16.3 Å². The number of sulfone groups is 1. The molecule has 0 aliphatic heterocycles. The number of hydrogen-bond acceptors (Lipinski definition) is 4. The van der Waals surface area contributed by atoms with Crippen molar-refractivity contribution >= 4 is 15.5 Å². The van der Waals surface area contributed by atoms with Crippen molar-refractivity contribution in [2.24, 2.45) is 5.73 Å². The summed E-state index contributed by atoms with van der Waals surface area (Å²) >= 11 is 0. The van der Waals surface area contributed by atoms with Crippen LogP contribution in [0.2, 0.25) is 0 Å². The molecule has 0 bridgehead atoms. The molecule has 1 rings (SSSR count). The molecule has 1 atom stereocenters. The van der Waals surface area contributed by atoms with Crippen molar-refractivity contribution in [3.8, 4) is 0 Å². The summed E-state index contributed by atoms with van der Waals surface area (Å²) in [7, 11) is -1.02. The Balaban J connectivity index is 2.81. The Morgan fingerprint density at radius 2 is 1.95 bits per heavy atom. The zero-order chi connectivity index (χ0) is 14.5. The van der Waals surface area contributed by atoms with Gasteiger partial charge in [-0.25, -0.2) is 8.42 Å². The van der Waals surface area contributed by atoms with E-state index in [0.717, 1.165) is 18.5 Å². The second kappa shape index (κ2) is 6.91. The maximum absolute atomic E-state index is 11.2. The molecular weight excluding hydrogens is 260 g/mol. The van der Waals surface area contributed by atoms with Crippen LogP contribution in [0.4, 0.5) is 5.69 Å². The predicted molar refractivity (Wildman–Crippen MR) is 81.4 cm³/mol. The standard InChI is InChI=1S/C14H24N2O2S/c1-4-13(15)11-12-7-5-6-8-14(12)16(2)9-10-19(3,17)18/h5-8,13H,4,9-11,15H2,1-3H3. The van der Waals surface area contributed by atoms with Crippen LogP contribution in [0.15, 0.2) is 24.3 Å². The minimum atomic E-state index is -2.93. The molecule has 0 aromatic heterocycles. The van der Waals surface area contributed by atoms with Gasteiger partial charge in [0.15, 0.2) is 0 Å². The Kier molecular flexibility index (Phi) is 5.82. The third-order valence-electron chi connectivity index (χ3n) is 3.21. The van der Waals surface area contributed by atoms with Gasteiger partial charge in [0.2, 0.25) is 0 Å². The van der Waals surface area contributed by atoms with Crippen LogP contribution in [0.25, 0.3) is 0 Å². The summed E-state index contributed by atoms with van der Waals surface area (Å²) in [5.41, 5.74) is 8.24. The molecule has 0 spiro atoms. The van der Waals surface area contributed by atoms with Gasteiger partial charge in [-0.3, -0.25) is 0 Å². The fourth-order valence-corrected chi connectivity index (χ4v) is 2.51. The number of nitrogens with two attached hydrogens (primary N) is 1. The van der Waals surface area contributed by atoms with Crippen molar-refractivity contribution in [3.05, 3.63) is 29.8 Å². The molecule has 19 heavy (non-hydrogen) atoms. The molecule has 0 fully saturated rings. The van der Waals surface area contributed by atoms with E-state index in [-0.39, 0.29) is 11.8 Å². The van der Waals surface area contributed by atoms with Gasteiger partial charge in [0.25, 0.3) is 0 Å². The van der Waals surface area contributed by atoms with Crippen LogP contribution in [0.1, 0.15) is 18.9 Å². The molecule has 0 radical (unpaired) electrons. The van der Waals surface area contributed by atoms with Crippen molar-refractivity contribution in [1.82, 2.24) is 0 Å². The van der Waals surface area contributed by atoms with Crippen molar-refractivity contribution in [3.63, 3.8) is 0 Å². The number of benzene rings is 1. The van der Waals surface area contributed by atoms with E-state index >= 15 is 0 Å². The summed E-state index contributed by atoms with van der Waals surface area (Å²) in [4.78, 5) is 1.98. The lowest BCUT2D eigenvalue weighted by Gasteiger charge is -2.23. The van der Waals surface area contributed by atoms with Crippen LogP contribution in [-0.4, -0.2) is 40.1 Å². The van der Waals surface area contributed by atoms with Gasteiger partial charge in [0.05, 0.1) is 5.75 Å². The van der Waals surface area contributed by atoms with Crippen molar-refractivity contribution < 1.29 is 8.42 Å². The van der Waals surface area contributed by atoms with E-state index < -0.39 is 9.84 Å². The molecule has 1 aromatic carbocycles. The van der Waals surface area contributed by atoms with Crippen LogP contribution < -0.4 is 10.6 Å². The van der Waals surface area contributed by atoms with Crippen LogP contribution >= 0.6 is 0 Å². The van der Waals surface area contributed by atoms with Crippen molar-refractivity contribution in [2.45, 2.75) is 25.8 Å². The molecule has 0 aliphatic rings. The second-order valence-electron chi connectivity index (χ2n) is 5.05. The number of anilines is 1. The van der Waals surface area contributed by atoms with Gasteiger partial charge < -0.3 is 10.6 Å². The lowest BCUT2D eigenvalue weighted by molar-refractivity contribution is 0.601. The molecule has 5 heteroatoms. The Labute approximate surface area is 116 Å². The third-order valence-corrected chi connectivity index (χ3v) is 4.13.